The van der Waals surface area contributed by atoms with E-state index in [1.807, 2.05) is 0 Å². The highest BCUT2D eigenvalue weighted by molar-refractivity contribution is 5.90. The van der Waals surface area contributed by atoms with E-state index in [-0.39, 0.29) is 13.2 Å². The summed E-state index contributed by atoms with van der Waals surface area (Å²) in [6, 6.07) is -0.976. The van der Waals surface area contributed by atoms with Crippen molar-refractivity contribution in [1.29, 1.82) is 0 Å². The lowest BCUT2D eigenvalue weighted by atomic mass is 10.2. The van der Waals surface area contributed by atoms with Gasteiger partial charge in [0, 0.05) is 26.0 Å². The van der Waals surface area contributed by atoms with Crippen molar-refractivity contribution < 1.29 is 32.6 Å². The van der Waals surface area contributed by atoms with Crippen LogP contribution >= 0.6 is 0 Å². The first kappa shape index (κ1) is 17.0. The van der Waals surface area contributed by atoms with E-state index >= 15 is 0 Å². The van der Waals surface area contributed by atoms with Crippen molar-refractivity contribution in [3.05, 3.63) is 23.5 Å². The number of nitrogens with zero attached hydrogens (tertiary/aromatic N) is 1. The third kappa shape index (κ3) is 4.22. The summed E-state index contributed by atoms with van der Waals surface area (Å²) in [4.78, 5) is 22.6. The van der Waals surface area contributed by atoms with Crippen LogP contribution in [0.15, 0.2) is 12.4 Å². The van der Waals surface area contributed by atoms with Gasteiger partial charge in [-0.15, -0.1) is 0 Å². The SMILES string of the molecule is COCCNC(=O)C(C)n1cc(C(=O)O)c(C(F)(F)F)c1. The summed E-state index contributed by atoms with van der Waals surface area (Å²) in [5, 5.41) is 11.3. The number of halogens is 3. The number of alkyl halides is 3. The number of carbonyl (C=O) groups excluding carboxylic acids is 1. The predicted octanol–water partition coefficient (Wildman–Crippen LogP) is 1.53. The Kier molecular flexibility index (Phi) is 5.36. The maximum absolute atomic E-state index is 12.7. The molecule has 21 heavy (non-hydrogen) atoms. The van der Waals surface area contributed by atoms with Gasteiger partial charge in [-0.2, -0.15) is 13.2 Å². The second kappa shape index (κ2) is 6.61. The van der Waals surface area contributed by atoms with Gasteiger partial charge < -0.3 is 19.7 Å². The Labute approximate surface area is 118 Å². The minimum atomic E-state index is -4.80. The largest absolute Gasteiger partial charge is 0.478 e. The van der Waals surface area contributed by atoms with Crippen molar-refractivity contribution in [3.8, 4) is 0 Å². The van der Waals surface area contributed by atoms with Crippen LogP contribution in [0.1, 0.15) is 28.9 Å². The normalized spacial score (nSPS) is 13.0. The Hall–Kier alpha value is -2.03. The number of hydrogen-bond acceptors (Lipinski definition) is 3. The Morgan fingerprint density at radius 2 is 2.05 bits per heavy atom. The molecule has 1 aromatic heterocycles. The molecule has 0 aromatic carbocycles. The number of hydrogen-bond donors (Lipinski definition) is 2. The van der Waals surface area contributed by atoms with Gasteiger partial charge in [0.05, 0.1) is 17.7 Å². The predicted molar refractivity (Wildman–Crippen MR) is 66.0 cm³/mol. The van der Waals surface area contributed by atoms with Gasteiger partial charge in [-0.3, -0.25) is 4.79 Å². The number of methoxy groups -OCH3 is 1. The number of amides is 1. The van der Waals surface area contributed by atoms with Crippen molar-refractivity contribution in [2.24, 2.45) is 0 Å². The van der Waals surface area contributed by atoms with Crippen LogP contribution in [0.25, 0.3) is 0 Å². The Bertz CT molecular complexity index is 525. The van der Waals surface area contributed by atoms with Crippen LogP contribution in [-0.4, -0.2) is 41.8 Å². The number of carboxylic acid groups (broad SMARTS) is 1. The third-order valence-electron chi connectivity index (χ3n) is 2.81. The van der Waals surface area contributed by atoms with Gasteiger partial charge in [-0.05, 0) is 6.92 Å². The second-order valence-corrected chi connectivity index (χ2v) is 4.30. The quantitative estimate of drug-likeness (QED) is 0.781. The number of rotatable bonds is 6. The van der Waals surface area contributed by atoms with E-state index < -0.39 is 35.2 Å². The Morgan fingerprint density at radius 3 is 2.48 bits per heavy atom. The number of aromatic nitrogens is 1. The van der Waals surface area contributed by atoms with Gasteiger partial charge in [-0.1, -0.05) is 0 Å². The summed E-state index contributed by atoms with van der Waals surface area (Å²) in [6.07, 6.45) is -3.39. The van der Waals surface area contributed by atoms with Crippen LogP contribution in [0.2, 0.25) is 0 Å². The van der Waals surface area contributed by atoms with Crippen LogP contribution in [-0.2, 0) is 15.7 Å². The smallest absolute Gasteiger partial charge is 0.418 e. The molecule has 1 rings (SSSR count). The molecule has 1 aromatic rings. The summed E-state index contributed by atoms with van der Waals surface area (Å²) < 4.78 is 43.9. The lowest BCUT2D eigenvalue weighted by Crippen LogP contribution is -2.32. The highest BCUT2D eigenvalue weighted by Gasteiger charge is 2.37. The zero-order chi connectivity index (χ0) is 16.2. The number of aromatic carboxylic acids is 1. The van der Waals surface area contributed by atoms with Gasteiger partial charge in [0.1, 0.15) is 6.04 Å². The summed E-state index contributed by atoms with van der Waals surface area (Å²) in [5.74, 6) is -2.24. The van der Waals surface area contributed by atoms with E-state index in [4.69, 9.17) is 9.84 Å². The molecular formula is C12H15F3N2O4. The molecule has 1 atom stereocenters. The minimum absolute atomic E-state index is 0.207. The van der Waals surface area contributed by atoms with Crippen LogP contribution in [0, 0.1) is 0 Å². The van der Waals surface area contributed by atoms with Gasteiger partial charge in [0.25, 0.3) is 0 Å². The van der Waals surface area contributed by atoms with Gasteiger partial charge >= 0.3 is 12.1 Å². The van der Waals surface area contributed by atoms with E-state index in [9.17, 15) is 22.8 Å². The van der Waals surface area contributed by atoms with E-state index in [2.05, 4.69) is 5.32 Å². The van der Waals surface area contributed by atoms with E-state index in [1.165, 1.54) is 14.0 Å². The molecule has 0 saturated carbocycles. The topological polar surface area (TPSA) is 80.6 Å². The summed E-state index contributed by atoms with van der Waals surface area (Å²) in [6.45, 7) is 1.84. The minimum Gasteiger partial charge on any atom is -0.478 e. The van der Waals surface area contributed by atoms with Crippen molar-refractivity contribution in [2.75, 3.05) is 20.3 Å². The number of carbonyl (C=O) groups is 2. The molecule has 118 valence electrons. The van der Waals surface area contributed by atoms with E-state index in [0.29, 0.717) is 6.20 Å². The molecule has 0 aliphatic rings. The molecule has 6 nitrogen and oxygen atoms in total. The molecule has 0 aliphatic carbocycles. The highest BCUT2D eigenvalue weighted by Crippen LogP contribution is 2.33. The first-order valence-electron chi connectivity index (χ1n) is 5.97. The third-order valence-corrected chi connectivity index (χ3v) is 2.81. The summed E-state index contributed by atoms with van der Waals surface area (Å²) in [7, 11) is 1.44. The molecular weight excluding hydrogens is 293 g/mol. The number of ether oxygens (including phenoxy) is 1. The Balaban J connectivity index is 2.98. The van der Waals surface area contributed by atoms with Gasteiger partial charge in [-0.25, -0.2) is 4.79 Å². The number of nitrogens with one attached hydrogen (secondary N) is 1. The first-order valence-corrected chi connectivity index (χ1v) is 5.97. The van der Waals surface area contributed by atoms with E-state index in [0.717, 1.165) is 10.8 Å². The van der Waals surface area contributed by atoms with Crippen LogP contribution in [0.3, 0.4) is 0 Å². The fourth-order valence-corrected chi connectivity index (χ4v) is 1.65. The molecule has 0 spiro atoms. The summed E-state index contributed by atoms with van der Waals surface area (Å²) >= 11 is 0. The fourth-order valence-electron chi connectivity index (χ4n) is 1.65. The maximum atomic E-state index is 12.7. The molecule has 0 bridgehead atoms. The number of carboxylic acids is 1. The second-order valence-electron chi connectivity index (χ2n) is 4.30. The standard InChI is InChI=1S/C12H15F3N2O4/c1-7(10(18)16-3-4-21-2)17-5-8(11(19)20)9(6-17)12(13,14)15/h5-7H,3-4H2,1-2H3,(H,16,18)(H,19,20). The molecule has 0 aliphatic heterocycles. The van der Waals surface area contributed by atoms with Crippen molar-refractivity contribution >= 4 is 11.9 Å². The average Bonchev–Trinajstić information content (AvgIpc) is 2.83. The lowest BCUT2D eigenvalue weighted by molar-refractivity contribution is -0.138. The molecule has 2 N–H and O–H groups in total. The van der Waals surface area contributed by atoms with Crippen LogP contribution < -0.4 is 5.32 Å². The molecule has 0 radical (unpaired) electrons. The van der Waals surface area contributed by atoms with Crippen molar-refractivity contribution in [3.63, 3.8) is 0 Å². The van der Waals surface area contributed by atoms with Gasteiger partial charge in [0.15, 0.2) is 0 Å². The lowest BCUT2D eigenvalue weighted by Gasteiger charge is -2.13. The van der Waals surface area contributed by atoms with Crippen LogP contribution in [0.5, 0.6) is 0 Å². The maximum Gasteiger partial charge on any atom is 0.418 e. The zero-order valence-corrected chi connectivity index (χ0v) is 11.4. The van der Waals surface area contributed by atoms with Gasteiger partial charge in [0.2, 0.25) is 5.91 Å². The Morgan fingerprint density at radius 1 is 1.43 bits per heavy atom. The molecule has 0 fully saturated rings. The average molecular weight is 308 g/mol. The fraction of sp³-hybridized carbons (Fsp3) is 0.500. The zero-order valence-electron chi connectivity index (χ0n) is 11.4. The molecule has 9 heteroatoms. The van der Waals surface area contributed by atoms with Crippen molar-refractivity contribution in [2.45, 2.75) is 19.1 Å². The first-order chi connectivity index (χ1) is 9.68. The monoisotopic (exact) mass is 308 g/mol. The molecule has 1 amide bonds. The molecule has 1 heterocycles. The molecule has 1 unspecified atom stereocenters. The summed E-state index contributed by atoms with van der Waals surface area (Å²) in [5.41, 5.74) is -2.18. The molecule has 0 saturated heterocycles. The van der Waals surface area contributed by atoms with E-state index in [1.54, 1.807) is 0 Å². The van der Waals surface area contributed by atoms with Crippen LogP contribution in [0.4, 0.5) is 13.2 Å². The van der Waals surface area contributed by atoms with Crippen molar-refractivity contribution in [1.82, 2.24) is 9.88 Å². The highest BCUT2D eigenvalue weighted by atomic mass is 19.4.